The lowest BCUT2D eigenvalue weighted by atomic mass is 9.98. The Morgan fingerprint density at radius 3 is 3.00 bits per heavy atom. The zero-order valence-electron chi connectivity index (χ0n) is 10.3. The van der Waals surface area contributed by atoms with Crippen LogP contribution in [0.3, 0.4) is 0 Å². The van der Waals surface area contributed by atoms with E-state index < -0.39 is 0 Å². The van der Waals surface area contributed by atoms with Crippen LogP contribution in [0.5, 0.6) is 0 Å². The van der Waals surface area contributed by atoms with Crippen LogP contribution in [-0.4, -0.2) is 34.1 Å². The van der Waals surface area contributed by atoms with Crippen molar-refractivity contribution in [2.24, 2.45) is 18.7 Å². The SMILES string of the molecule is CC1CCCN(C(CN)c2cncn2C)C1. The number of rotatable bonds is 3. The second-order valence-corrected chi connectivity index (χ2v) is 4.92. The Balaban J connectivity index is 2.13. The van der Waals surface area contributed by atoms with Gasteiger partial charge in [0.05, 0.1) is 18.1 Å². The number of aryl methyl sites for hydroxylation is 1. The molecule has 2 atom stereocenters. The van der Waals surface area contributed by atoms with Crippen LogP contribution in [0.25, 0.3) is 0 Å². The van der Waals surface area contributed by atoms with Crippen LogP contribution in [0.4, 0.5) is 0 Å². The maximum absolute atomic E-state index is 5.93. The average Bonchev–Trinajstić information content (AvgIpc) is 2.67. The number of nitrogens with zero attached hydrogens (tertiary/aromatic N) is 3. The molecule has 0 aliphatic carbocycles. The van der Waals surface area contributed by atoms with Gasteiger partial charge in [0.1, 0.15) is 0 Å². The Morgan fingerprint density at radius 1 is 1.62 bits per heavy atom. The van der Waals surface area contributed by atoms with Crippen LogP contribution in [0.1, 0.15) is 31.5 Å². The van der Waals surface area contributed by atoms with Gasteiger partial charge < -0.3 is 10.3 Å². The third kappa shape index (κ3) is 2.28. The number of imidazole rings is 1. The maximum Gasteiger partial charge on any atom is 0.0946 e. The predicted octanol–water partition coefficient (Wildman–Crippen LogP) is 1.15. The van der Waals surface area contributed by atoms with Gasteiger partial charge in [-0.25, -0.2) is 4.98 Å². The summed E-state index contributed by atoms with van der Waals surface area (Å²) in [5, 5.41) is 0. The summed E-state index contributed by atoms with van der Waals surface area (Å²) in [5.74, 6) is 0.788. The first kappa shape index (κ1) is 11.6. The van der Waals surface area contributed by atoms with Crippen molar-refractivity contribution in [1.29, 1.82) is 0 Å². The van der Waals surface area contributed by atoms with Crippen LogP contribution in [0.2, 0.25) is 0 Å². The number of nitrogens with two attached hydrogens (primary N) is 1. The molecule has 1 aromatic heterocycles. The van der Waals surface area contributed by atoms with Crippen molar-refractivity contribution in [2.45, 2.75) is 25.8 Å². The number of aromatic nitrogens is 2. The topological polar surface area (TPSA) is 47.1 Å². The minimum atomic E-state index is 0.329. The minimum absolute atomic E-state index is 0.329. The van der Waals surface area contributed by atoms with Crippen molar-refractivity contribution in [2.75, 3.05) is 19.6 Å². The Labute approximate surface area is 97.4 Å². The number of likely N-dealkylation sites (tertiary alicyclic amines) is 1. The molecule has 1 saturated heterocycles. The van der Waals surface area contributed by atoms with Gasteiger partial charge in [-0.15, -0.1) is 0 Å². The van der Waals surface area contributed by atoms with Crippen molar-refractivity contribution in [3.8, 4) is 0 Å². The molecule has 1 aliphatic heterocycles. The highest BCUT2D eigenvalue weighted by Crippen LogP contribution is 2.25. The molecule has 2 N–H and O–H groups in total. The summed E-state index contributed by atoms with van der Waals surface area (Å²) in [7, 11) is 2.04. The molecule has 0 bridgehead atoms. The molecule has 0 saturated carbocycles. The summed E-state index contributed by atoms with van der Waals surface area (Å²) in [6, 6.07) is 0.329. The molecule has 0 radical (unpaired) electrons. The van der Waals surface area contributed by atoms with Crippen LogP contribution < -0.4 is 5.73 Å². The first-order chi connectivity index (χ1) is 7.72. The van der Waals surface area contributed by atoms with Crippen molar-refractivity contribution < 1.29 is 0 Å². The zero-order chi connectivity index (χ0) is 11.5. The van der Waals surface area contributed by atoms with Crippen LogP contribution in [-0.2, 0) is 7.05 Å². The third-order valence-electron chi connectivity index (χ3n) is 3.55. The van der Waals surface area contributed by atoms with E-state index in [4.69, 9.17) is 5.73 Å². The van der Waals surface area contributed by atoms with Crippen molar-refractivity contribution in [1.82, 2.24) is 14.5 Å². The fraction of sp³-hybridized carbons (Fsp3) is 0.750. The van der Waals surface area contributed by atoms with E-state index >= 15 is 0 Å². The van der Waals surface area contributed by atoms with E-state index in [1.165, 1.54) is 18.5 Å². The molecule has 1 aromatic rings. The standard InChI is InChI=1S/C12H22N4/c1-10-4-3-5-16(8-10)11(6-13)12-7-14-9-15(12)2/h7,9-11H,3-6,8,13H2,1-2H3. The highest BCUT2D eigenvalue weighted by Gasteiger charge is 2.25. The van der Waals surface area contributed by atoms with Gasteiger partial charge >= 0.3 is 0 Å². The monoisotopic (exact) mass is 222 g/mol. The molecular formula is C12H22N4. The summed E-state index contributed by atoms with van der Waals surface area (Å²) >= 11 is 0. The van der Waals surface area contributed by atoms with Crippen LogP contribution in [0.15, 0.2) is 12.5 Å². The molecule has 4 heteroatoms. The molecule has 2 heterocycles. The van der Waals surface area contributed by atoms with Gasteiger partial charge in [-0.2, -0.15) is 0 Å². The first-order valence-electron chi connectivity index (χ1n) is 6.12. The van der Waals surface area contributed by atoms with E-state index in [2.05, 4.69) is 21.4 Å². The Hall–Kier alpha value is -0.870. The first-order valence-corrected chi connectivity index (χ1v) is 6.12. The molecule has 1 fully saturated rings. The van der Waals surface area contributed by atoms with E-state index in [-0.39, 0.29) is 0 Å². The molecule has 1 aliphatic rings. The highest BCUT2D eigenvalue weighted by molar-refractivity contribution is 5.06. The summed E-state index contributed by atoms with van der Waals surface area (Å²) < 4.78 is 2.08. The molecule has 0 spiro atoms. The largest absolute Gasteiger partial charge is 0.336 e. The normalized spacial score (nSPS) is 24.6. The van der Waals surface area contributed by atoms with Crippen LogP contribution >= 0.6 is 0 Å². The summed E-state index contributed by atoms with van der Waals surface area (Å²) in [5.41, 5.74) is 7.16. The van der Waals surface area contributed by atoms with Gasteiger partial charge in [0, 0.05) is 26.3 Å². The Bertz CT molecular complexity index is 334. The summed E-state index contributed by atoms with van der Waals surface area (Å²) in [6.07, 6.45) is 6.43. The third-order valence-corrected chi connectivity index (χ3v) is 3.55. The lowest BCUT2D eigenvalue weighted by molar-refractivity contribution is 0.129. The van der Waals surface area contributed by atoms with Gasteiger partial charge in [0.25, 0.3) is 0 Å². The minimum Gasteiger partial charge on any atom is -0.336 e. The van der Waals surface area contributed by atoms with Gasteiger partial charge in [-0.1, -0.05) is 6.92 Å². The van der Waals surface area contributed by atoms with Gasteiger partial charge in [0.15, 0.2) is 0 Å². The molecule has 2 rings (SSSR count). The molecule has 2 unspecified atom stereocenters. The second kappa shape index (κ2) is 4.97. The van der Waals surface area contributed by atoms with E-state index in [0.29, 0.717) is 12.6 Å². The van der Waals surface area contributed by atoms with Gasteiger partial charge in [-0.3, -0.25) is 4.90 Å². The molecule has 90 valence electrons. The molecule has 16 heavy (non-hydrogen) atoms. The molecule has 4 nitrogen and oxygen atoms in total. The van der Waals surface area contributed by atoms with Gasteiger partial charge in [0.2, 0.25) is 0 Å². The number of hydrogen-bond acceptors (Lipinski definition) is 3. The van der Waals surface area contributed by atoms with Crippen molar-refractivity contribution in [3.05, 3.63) is 18.2 Å². The lowest BCUT2D eigenvalue weighted by Gasteiger charge is -2.36. The van der Waals surface area contributed by atoms with Crippen molar-refractivity contribution >= 4 is 0 Å². The summed E-state index contributed by atoms with van der Waals surface area (Å²) in [6.45, 7) is 5.32. The van der Waals surface area contributed by atoms with E-state index in [1.807, 2.05) is 19.6 Å². The smallest absolute Gasteiger partial charge is 0.0946 e. The Morgan fingerprint density at radius 2 is 2.44 bits per heavy atom. The lowest BCUT2D eigenvalue weighted by Crippen LogP contribution is -2.41. The maximum atomic E-state index is 5.93. The average molecular weight is 222 g/mol. The quantitative estimate of drug-likeness (QED) is 0.834. The fourth-order valence-corrected chi connectivity index (χ4v) is 2.65. The predicted molar refractivity (Wildman–Crippen MR) is 65.0 cm³/mol. The van der Waals surface area contributed by atoms with Crippen LogP contribution in [0, 0.1) is 5.92 Å². The van der Waals surface area contributed by atoms with Crippen molar-refractivity contribution in [3.63, 3.8) is 0 Å². The van der Waals surface area contributed by atoms with Gasteiger partial charge in [-0.05, 0) is 25.3 Å². The Kier molecular flexibility index (Phi) is 3.61. The molecule has 0 amide bonds. The van der Waals surface area contributed by atoms with E-state index in [1.54, 1.807) is 0 Å². The van der Waals surface area contributed by atoms with E-state index in [0.717, 1.165) is 19.0 Å². The van der Waals surface area contributed by atoms with E-state index in [9.17, 15) is 0 Å². The number of piperidine rings is 1. The zero-order valence-corrected chi connectivity index (χ0v) is 10.3. The second-order valence-electron chi connectivity index (χ2n) is 4.92. The highest BCUT2D eigenvalue weighted by atomic mass is 15.2. The molecular weight excluding hydrogens is 200 g/mol. The number of hydrogen-bond donors (Lipinski definition) is 1. The fourth-order valence-electron chi connectivity index (χ4n) is 2.65. The molecule has 0 aromatic carbocycles. The summed E-state index contributed by atoms with van der Waals surface area (Å²) in [4.78, 5) is 6.69.